The second-order valence-corrected chi connectivity index (χ2v) is 6.90. The topological polar surface area (TPSA) is 111 Å². The highest BCUT2D eigenvalue weighted by Gasteiger charge is 2.22. The molecule has 8 nitrogen and oxygen atoms in total. The lowest BCUT2D eigenvalue weighted by Gasteiger charge is -2.15. The summed E-state index contributed by atoms with van der Waals surface area (Å²) in [5.74, 6) is -1.90. The van der Waals surface area contributed by atoms with Crippen LogP contribution in [0.4, 0.5) is 5.82 Å². The van der Waals surface area contributed by atoms with Gasteiger partial charge < -0.3 is 19.7 Å². The number of aromatic nitrogens is 2. The first-order valence-corrected chi connectivity index (χ1v) is 9.64. The van der Waals surface area contributed by atoms with Crippen molar-refractivity contribution in [2.75, 3.05) is 12.4 Å². The lowest BCUT2D eigenvalue weighted by Crippen LogP contribution is -2.20. The van der Waals surface area contributed by atoms with Crippen molar-refractivity contribution in [2.45, 2.75) is 52.0 Å². The molecule has 2 aromatic rings. The summed E-state index contributed by atoms with van der Waals surface area (Å²) >= 11 is 0. The third-order valence-corrected chi connectivity index (χ3v) is 4.66. The largest absolute Gasteiger partial charge is 0.478 e. The van der Waals surface area contributed by atoms with E-state index in [-0.39, 0.29) is 22.9 Å². The van der Waals surface area contributed by atoms with Gasteiger partial charge in [-0.1, -0.05) is 44.2 Å². The smallest absolute Gasteiger partial charge is 0.336 e. The van der Waals surface area contributed by atoms with Crippen LogP contribution in [0.15, 0.2) is 30.7 Å². The van der Waals surface area contributed by atoms with Crippen LogP contribution in [0.2, 0.25) is 0 Å². The van der Waals surface area contributed by atoms with Gasteiger partial charge in [-0.25, -0.2) is 14.6 Å². The number of methoxy groups -OCH3 is 1. The number of nitrogens with zero attached hydrogens (tertiary/aromatic N) is 2. The lowest BCUT2D eigenvalue weighted by atomic mass is 10.0. The van der Waals surface area contributed by atoms with E-state index in [9.17, 15) is 19.5 Å². The maximum Gasteiger partial charge on any atom is 0.336 e. The molecule has 156 valence electrons. The van der Waals surface area contributed by atoms with Gasteiger partial charge in [0.2, 0.25) is 0 Å². The molecule has 0 bridgehead atoms. The van der Waals surface area contributed by atoms with Crippen LogP contribution in [-0.4, -0.2) is 39.6 Å². The predicted octanol–water partition coefficient (Wildman–Crippen LogP) is 3.83. The molecule has 29 heavy (non-hydrogen) atoms. The minimum Gasteiger partial charge on any atom is -0.478 e. The molecule has 0 saturated carbocycles. The summed E-state index contributed by atoms with van der Waals surface area (Å²) in [5.41, 5.74) is 0.708. The molecule has 1 amide bonds. The minimum atomic E-state index is -1.18. The fourth-order valence-corrected chi connectivity index (χ4v) is 3.08. The van der Waals surface area contributed by atoms with E-state index >= 15 is 0 Å². The van der Waals surface area contributed by atoms with Crippen molar-refractivity contribution in [2.24, 2.45) is 0 Å². The zero-order valence-electron chi connectivity index (χ0n) is 17.0. The lowest BCUT2D eigenvalue weighted by molar-refractivity contribution is -0.144. The Labute approximate surface area is 169 Å². The van der Waals surface area contributed by atoms with E-state index in [0.717, 1.165) is 31.2 Å². The highest BCUT2D eigenvalue weighted by molar-refractivity contribution is 6.10. The summed E-state index contributed by atoms with van der Waals surface area (Å²) in [7, 11) is 1.34. The second kappa shape index (κ2) is 10.4. The first kappa shape index (κ1) is 22.1. The number of rotatable bonds is 10. The highest BCUT2D eigenvalue weighted by atomic mass is 16.5. The number of carboxylic acid groups (broad SMARTS) is 1. The summed E-state index contributed by atoms with van der Waals surface area (Å²) in [6.45, 7) is 3.87. The molecule has 0 spiro atoms. The molecule has 2 rings (SSSR count). The number of hydrogen-bond acceptors (Lipinski definition) is 5. The van der Waals surface area contributed by atoms with E-state index in [4.69, 9.17) is 4.74 Å². The molecule has 1 unspecified atom stereocenters. The number of ether oxygens (including phenoxy) is 1. The van der Waals surface area contributed by atoms with Crippen LogP contribution in [0.5, 0.6) is 0 Å². The fraction of sp³-hybridized carbons (Fsp3) is 0.429. The molecule has 0 aliphatic carbocycles. The number of esters is 1. The molecule has 0 fully saturated rings. The van der Waals surface area contributed by atoms with Crippen molar-refractivity contribution < 1.29 is 24.2 Å². The number of aryl methyl sites for hydroxylation is 1. The first-order chi connectivity index (χ1) is 13.9. The molecular formula is C21H27N3O5. The molecule has 0 saturated heterocycles. The van der Waals surface area contributed by atoms with Gasteiger partial charge in [0.05, 0.1) is 24.6 Å². The van der Waals surface area contributed by atoms with Crippen LogP contribution < -0.4 is 5.32 Å². The number of benzene rings is 1. The van der Waals surface area contributed by atoms with Crippen molar-refractivity contribution in [3.63, 3.8) is 0 Å². The van der Waals surface area contributed by atoms with E-state index in [2.05, 4.69) is 17.2 Å². The van der Waals surface area contributed by atoms with Gasteiger partial charge in [-0.3, -0.25) is 4.79 Å². The normalized spacial score (nSPS) is 11.7. The van der Waals surface area contributed by atoms with Crippen LogP contribution in [-0.2, 0) is 9.53 Å². The van der Waals surface area contributed by atoms with Crippen molar-refractivity contribution in [3.05, 3.63) is 47.4 Å². The number of aromatic carboxylic acids is 1. The summed E-state index contributed by atoms with van der Waals surface area (Å²) in [6.07, 6.45) is 7.71. The van der Waals surface area contributed by atoms with E-state index < -0.39 is 17.9 Å². The predicted molar refractivity (Wildman–Crippen MR) is 108 cm³/mol. The van der Waals surface area contributed by atoms with Gasteiger partial charge in [-0.15, -0.1) is 0 Å². The van der Waals surface area contributed by atoms with Gasteiger partial charge >= 0.3 is 11.9 Å². The zero-order chi connectivity index (χ0) is 21.4. The molecular weight excluding hydrogens is 374 g/mol. The van der Waals surface area contributed by atoms with Crippen LogP contribution in [0, 0.1) is 6.92 Å². The molecule has 1 heterocycles. The van der Waals surface area contributed by atoms with Gasteiger partial charge in [-0.05, 0) is 25.5 Å². The number of unbranched alkanes of at least 4 members (excludes halogenated alkanes) is 3. The molecule has 1 aromatic carbocycles. The SMILES string of the molecule is CCCCCCC(C(=O)OC)n1cnc(NC(=O)c2ccc(C)cc2C(=O)O)c1. The molecule has 0 radical (unpaired) electrons. The van der Waals surface area contributed by atoms with Gasteiger partial charge in [0.15, 0.2) is 5.82 Å². The molecule has 0 aliphatic heterocycles. The Bertz CT molecular complexity index is 875. The van der Waals surface area contributed by atoms with E-state index in [1.165, 1.54) is 25.6 Å². The van der Waals surface area contributed by atoms with E-state index in [1.807, 2.05) is 0 Å². The Morgan fingerprint density at radius 2 is 1.97 bits per heavy atom. The minimum absolute atomic E-state index is 0.0433. The molecule has 0 aliphatic rings. The summed E-state index contributed by atoms with van der Waals surface area (Å²) in [5, 5.41) is 11.9. The average Bonchev–Trinajstić information content (AvgIpc) is 3.15. The van der Waals surface area contributed by atoms with Crippen molar-refractivity contribution in [1.82, 2.24) is 9.55 Å². The number of nitrogens with one attached hydrogen (secondary N) is 1. The van der Waals surface area contributed by atoms with Crippen LogP contribution in [0.1, 0.15) is 71.3 Å². The Hall–Kier alpha value is -3.16. The molecule has 2 N–H and O–H groups in total. The van der Waals surface area contributed by atoms with Crippen molar-refractivity contribution in [1.29, 1.82) is 0 Å². The summed E-state index contributed by atoms with van der Waals surface area (Å²) < 4.78 is 6.51. The van der Waals surface area contributed by atoms with Gasteiger partial charge in [0.1, 0.15) is 6.04 Å². The number of amides is 1. The first-order valence-electron chi connectivity index (χ1n) is 9.64. The maximum absolute atomic E-state index is 12.5. The molecule has 1 atom stereocenters. The second-order valence-electron chi connectivity index (χ2n) is 6.90. The van der Waals surface area contributed by atoms with Crippen LogP contribution in [0.3, 0.4) is 0 Å². The summed E-state index contributed by atoms with van der Waals surface area (Å²) in [6, 6.07) is 4.06. The summed E-state index contributed by atoms with van der Waals surface area (Å²) in [4.78, 5) is 40.3. The van der Waals surface area contributed by atoms with E-state index in [0.29, 0.717) is 6.42 Å². The fourth-order valence-electron chi connectivity index (χ4n) is 3.08. The quantitative estimate of drug-likeness (QED) is 0.462. The van der Waals surface area contributed by atoms with Gasteiger partial charge in [0, 0.05) is 6.20 Å². The van der Waals surface area contributed by atoms with Gasteiger partial charge in [-0.2, -0.15) is 0 Å². The standard InChI is InChI=1S/C21H27N3O5/c1-4-5-6-7-8-17(21(28)29-3)24-12-18(22-13-24)23-19(25)15-10-9-14(2)11-16(15)20(26)27/h9-13,17H,4-8H2,1-3H3,(H,23,25)(H,26,27). The maximum atomic E-state index is 12.5. The third-order valence-electron chi connectivity index (χ3n) is 4.66. The van der Waals surface area contributed by atoms with Gasteiger partial charge in [0.25, 0.3) is 5.91 Å². The number of imidazole rings is 1. The van der Waals surface area contributed by atoms with E-state index in [1.54, 1.807) is 23.8 Å². The van der Waals surface area contributed by atoms with Crippen LogP contribution >= 0.6 is 0 Å². The van der Waals surface area contributed by atoms with Crippen molar-refractivity contribution >= 4 is 23.7 Å². The number of carbonyl (C=O) groups excluding carboxylic acids is 2. The molecule has 8 heteroatoms. The molecule has 1 aromatic heterocycles. The third kappa shape index (κ3) is 5.91. The Kier molecular flexibility index (Phi) is 7.94. The van der Waals surface area contributed by atoms with Crippen molar-refractivity contribution in [3.8, 4) is 0 Å². The Morgan fingerprint density at radius 1 is 1.21 bits per heavy atom. The number of carboxylic acids is 1. The number of hydrogen-bond donors (Lipinski definition) is 2. The van der Waals surface area contributed by atoms with Crippen LogP contribution in [0.25, 0.3) is 0 Å². The Morgan fingerprint density at radius 3 is 2.62 bits per heavy atom. The monoisotopic (exact) mass is 401 g/mol. The number of carbonyl (C=O) groups is 3. The Balaban J connectivity index is 2.15. The number of anilines is 1. The highest BCUT2D eigenvalue weighted by Crippen LogP contribution is 2.21. The zero-order valence-corrected chi connectivity index (χ0v) is 17.0. The average molecular weight is 401 g/mol.